The first kappa shape index (κ1) is 23.0. The highest BCUT2D eigenvalue weighted by atomic mass is 35.5. The number of nitrogens with zero attached hydrogens (tertiary/aromatic N) is 4. The van der Waals surface area contributed by atoms with Crippen LogP contribution in [0.1, 0.15) is 5.56 Å². The average molecular weight is 518 g/mol. The molecule has 1 aliphatic rings. The minimum absolute atomic E-state index is 0.0180. The maximum atomic E-state index is 13.3. The van der Waals surface area contributed by atoms with E-state index in [4.69, 9.17) is 23.2 Å². The molecule has 1 aliphatic heterocycles. The van der Waals surface area contributed by atoms with Crippen molar-refractivity contribution >= 4 is 68.1 Å². The number of benzene rings is 1. The molecule has 1 fully saturated rings. The summed E-state index contributed by atoms with van der Waals surface area (Å²) in [5.41, 5.74) is 1.08. The van der Waals surface area contributed by atoms with E-state index in [1.54, 1.807) is 7.05 Å². The van der Waals surface area contributed by atoms with E-state index < -0.39 is 15.8 Å². The van der Waals surface area contributed by atoms with Crippen LogP contribution in [0.2, 0.25) is 10.0 Å². The molecule has 0 amide bonds. The molecular weight excluding hydrogens is 500 g/mol. The van der Waals surface area contributed by atoms with E-state index in [1.165, 1.54) is 27.7 Å². The molecule has 170 valence electrons. The molecule has 0 bridgehead atoms. The molecular formula is C19H18Cl2FN5O3S2. The van der Waals surface area contributed by atoms with Gasteiger partial charge in [0.25, 0.3) is 15.6 Å². The molecule has 0 spiro atoms. The van der Waals surface area contributed by atoms with Gasteiger partial charge >= 0.3 is 0 Å². The molecule has 3 aromatic rings. The second-order valence-electron chi connectivity index (χ2n) is 7.02. The highest BCUT2D eigenvalue weighted by molar-refractivity contribution is 7.99. The highest BCUT2D eigenvalue weighted by Crippen LogP contribution is 2.28. The summed E-state index contributed by atoms with van der Waals surface area (Å²) in [6.07, 6.45) is 4.01. The first-order chi connectivity index (χ1) is 15.2. The predicted molar refractivity (Wildman–Crippen MR) is 128 cm³/mol. The standard InChI is InChI=1S/C19H18Cl2FN5O3S2/c1-25-19(28)17(26-3-5-31-6-4-26)18-23-10-13(11-27(18)25)24-32(29,30)7-2-14-15(20)8-12(22)9-16(14)21/h2,7-11,24H,3-6H2,1H3. The van der Waals surface area contributed by atoms with E-state index in [-0.39, 0.29) is 26.9 Å². The van der Waals surface area contributed by atoms with E-state index in [1.807, 2.05) is 16.7 Å². The summed E-state index contributed by atoms with van der Waals surface area (Å²) in [7, 11) is -2.38. The third-order valence-electron chi connectivity index (χ3n) is 4.88. The number of nitrogens with one attached hydrogen (secondary N) is 1. The minimum atomic E-state index is -3.98. The highest BCUT2D eigenvalue weighted by Gasteiger charge is 2.22. The molecule has 32 heavy (non-hydrogen) atoms. The van der Waals surface area contributed by atoms with Crippen molar-refractivity contribution in [1.82, 2.24) is 14.2 Å². The molecule has 0 unspecified atom stereocenters. The lowest BCUT2D eigenvalue weighted by Gasteiger charge is -2.26. The van der Waals surface area contributed by atoms with Gasteiger partial charge in [0.15, 0.2) is 5.65 Å². The lowest BCUT2D eigenvalue weighted by atomic mass is 10.2. The summed E-state index contributed by atoms with van der Waals surface area (Å²) < 4.78 is 43.6. The SMILES string of the molecule is Cn1c(=O)c(N2CCSCC2)c2ncc(NS(=O)(=O)C=Cc3c(Cl)cc(F)cc3Cl)cn21. The smallest absolute Gasteiger partial charge is 0.292 e. The lowest BCUT2D eigenvalue weighted by Crippen LogP contribution is -2.35. The van der Waals surface area contributed by atoms with Crippen molar-refractivity contribution in [2.45, 2.75) is 0 Å². The van der Waals surface area contributed by atoms with Crippen molar-refractivity contribution in [3.05, 3.63) is 61.7 Å². The number of aryl methyl sites for hydroxylation is 1. The van der Waals surface area contributed by atoms with Crippen LogP contribution in [0, 0.1) is 5.82 Å². The van der Waals surface area contributed by atoms with Gasteiger partial charge in [0.05, 0.1) is 33.5 Å². The molecule has 0 saturated carbocycles. The maximum absolute atomic E-state index is 13.3. The van der Waals surface area contributed by atoms with Crippen LogP contribution in [0.5, 0.6) is 0 Å². The van der Waals surface area contributed by atoms with Gasteiger partial charge in [0.2, 0.25) is 0 Å². The number of anilines is 2. The van der Waals surface area contributed by atoms with Crippen molar-refractivity contribution in [1.29, 1.82) is 0 Å². The van der Waals surface area contributed by atoms with Crippen LogP contribution in [-0.4, -0.2) is 47.2 Å². The van der Waals surface area contributed by atoms with Crippen LogP contribution in [0.15, 0.2) is 34.7 Å². The summed E-state index contributed by atoms with van der Waals surface area (Å²) in [5.74, 6) is 1.22. The zero-order valence-corrected chi connectivity index (χ0v) is 19.9. The van der Waals surface area contributed by atoms with Gasteiger partial charge in [-0.3, -0.25) is 9.52 Å². The molecule has 4 rings (SSSR count). The summed E-state index contributed by atoms with van der Waals surface area (Å²) in [6, 6.07) is 2.08. The van der Waals surface area contributed by atoms with Gasteiger partial charge in [-0.25, -0.2) is 27.0 Å². The zero-order valence-electron chi connectivity index (χ0n) is 16.8. The van der Waals surface area contributed by atoms with Crippen molar-refractivity contribution in [3.63, 3.8) is 0 Å². The fourth-order valence-electron chi connectivity index (χ4n) is 3.35. The second kappa shape index (κ2) is 8.97. The second-order valence-corrected chi connectivity index (χ2v) is 10.6. The Morgan fingerprint density at radius 2 is 1.88 bits per heavy atom. The predicted octanol–water partition coefficient (Wildman–Crippen LogP) is 3.44. The first-order valence-corrected chi connectivity index (χ1v) is 12.9. The van der Waals surface area contributed by atoms with Crippen LogP contribution in [0.25, 0.3) is 11.7 Å². The van der Waals surface area contributed by atoms with Crippen molar-refractivity contribution < 1.29 is 12.8 Å². The Morgan fingerprint density at radius 3 is 2.53 bits per heavy atom. The molecule has 2 aromatic heterocycles. The lowest BCUT2D eigenvalue weighted by molar-refractivity contribution is 0.609. The van der Waals surface area contributed by atoms with Crippen LogP contribution in [-0.2, 0) is 17.1 Å². The molecule has 13 heteroatoms. The number of fused-ring (bicyclic) bond motifs is 1. The van der Waals surface area contributed by atoms with Crippen LogP contribution < -0.4 is 15.2 Å². The Hall–Kier alpha value is -2.21. The van der Waals surface area contributed by atoms with Gasteiger partial charge < -0.3 is 4.90 Å². The molecule has 1 aromatic carbocycles. The third kappa shape index (κ3) is 4.61. The van der Waals surface area contributed by atoms with Crippen LogP contribution in [0.4, 0.5) is 15.8 Å². The van der Waals surface area contributed by atoms with Crippen molar-refractivity contribution in [3.8, 4) is 0 Å². The van der Waals surface area contributed by atoms with Crippen molar-refractivity contribution in [2.75, 3.05) is 34.2 Å². The minimum Gasteiger partial charge on any atom is -0.362 e. The Balaban J connectivity index is 1.63. The van der Waals surface area contributed by atoms with Gasteiger partial charge in [-0.1, -0.05) is 23.2 Å². The first-order valence-electron chi connectivity index (χ1n) is 9.42. The van der Waals surface area contributed by atoms with E-state index in [2.05, 4.69) is 9.71 Å². The van der Waals surface area contributed by atoms with Gasteiger partial charge in [-0.05, 0) is 18.2 Å². The average Bonchev–Trinajstić information content (AvgIpc) is 2.97. The largest absolute Gasteiger partial charge is 0.362 e. The third-order valence-corrected chi connectivity index (χ3v) is 7.46. The molecule has 1 N–H and O–H groups in total. The maximum Gasteiger partial charge on any atom is 0.292 e. The Bertz CT molecular complexity index is 1360. The Kier molecular flexibility index (Phi) is 6.44. The monoisotopic (exact) mass is 517 g/mol. The van der Waals surface area contributed by atoms with Gasteiger partial charge in [0, 0.05) is 37.2 Å². The van der Waals surface area contributed by atoms with Gasteiger partial charge in [-0.15, -0.1) is 0 Å². The van der Waals surface area contributed by atoms with Crippen molar-refractivity contribution in [2.24, 2.45) is 7.05 Å². The summed E-state index contributed by atoms with van der Waals surface area (Å²) in [6.45, 7) is 1.49. The van der Waals surface area contributed by atoms with E-state index in [9.17, 15) is 17.6 Å². The van der Waals surface area contributed by atoms with Crippen LogP contribution in [0.3, 0.4) is 0 Å². The van der Waals surface area contributed by atoms with Gasteiger partial charge in [-0.2, -0.15) is 11.8 Å². The molecule has 1 saturated heterocycles. The molecule has 8 nitrogen and oxygen atoms in total. The molecule has 0 atom stereocenters. The summed E-state index contributed by atoms with van der Waals surface area (Å²) in [4.78, 5) is 19.1. The Morgan fingerprint density at radius 1 is 1.22 bits per heavy atom. The van der Waals surface area contributed by atoms with Gasteiger partial charge in [0.1, 0.15) is 11.5 Å². The molecule has 0 radical (unpaired) electrons. The Labute approximate surface area is 197 Å². The summed E-state index contributed by atoms with van der Waals surface area (Å²) >= 11 is 13.7. The van der Waals surface area contributed by atoms with E-state index in [0.29, 0.717) is 11.3 Å². The van der Waals surface area contributed by atoms with E-state index in [0.717, 1.165) is 42.1 Å². The normalized spacial score (nSPS) is 15.1. The molecule has 0 aliphatic carbocycles. The summed E-state index contributed by atoms with van der Waals surface area (Å²) in [5, 5.41) is 0.833. The zero-order chi connectivity index (χ0) is 23.0. The number of hydrogen-bond acceptors (Lipinski definition) is 6. The topological polar surface area (TPSA) is 88.7 Å². The number of halogens is 3. The fourth-order valence-corrected chi connectivity index (χ4v) is 5.65. The number of aromatic nitrogens is 3. The fraction of sp³-hybridized carbons (Fsp3) is 0.263. The van der Waals surface area contributed by atoms with E-state index >= 15 is 0 Å². The number of sulfonamides is 1. The molecule has 3 heterocycles. The number of thioether (sulfide) groups is 1. The quantitative estimate of drug-likeness (QED) is 0.557. The number of rotatable bonds is 5. The number of hydrogen-bond donors (Lipinski definition) is 1. The van der Waals surface area contributed by atoms with Crippen LogP contribution >= 0.6 is 35.0 Å².